The van der Waals surface area contributed by atoms with Crippen molar-refractivity contribution in [3.05, 3.63) is 12.4 Å². The molecular formula is C13H21ClN2O4S. The highest BCUT2D eigenvalue weighted by Gasteiger charge is 2.37. The second-order valence-electron chi connectivity index (χ2n) is 5.83. The van der Waals surface area contributed by atoms with Crippen LogP contribution in [-0.4, -0.2) is 43.8 Å². The number of ether oxygens (including phenoxy) is 2. The number of rotatable bonds is 6. The van der Waals surface area contributed by atoms with E-state index >= 15 is 0 Å². The van der Waals surface area contributed by atoms with Gasteiger partial charge in [-0.15, -0.1) is 0 Å². The average Bonchev–Trinajstić information content (AvgIpc) is 2.84. The fourth-order valence-electron chi connectivity index (χ4n) is 2.41. The predicted molar refractivity (Wildman–Crippen MR) is 80.2 cm³/mol. The molecule has 1 saturated heterocycles. The van der Waals surface area contributed by atoms with E-state index in [1.54, 1.807) is 10.9 Å². The third-order valence-electron chi connectivity index (χ3n) is 3.68. The van der Waals surface area contributed by atoms with E-state index in [4.69, 9.17) is 20.2 Å². The molecule has 21 heavy (non-hydrogen) atoms. The van der Waals surface area contributed by atoms with Crippen LogP contribution in [0.25, 0.3) is 0 Å². The number of nitrogens with zero attached hydrogens (tertiary/aromatic N) is 2. The minimum Gasteiger partial charge on any atom is -0.490 e. The van der Waals surface area contributed by atoms with Gasteiger partial charge in [0, 0.05) is 35.4 Å². The minimum atomic E-state index is -3.58. The molecule has 120 valence electrons. The van der Waals surface area contributed by atoms with Gasteiger partial charge in [-0.25, -0.2) is 8.42 Å². The Bertz CT molecular complexity index is 564. The Kier molecular flexibility index (Phi) is 5.16. The average molecular weight is 337 g/mol. The Hall–Kier alpha value is -0.790. The SMILES string of the molecule is CC(C)n1cc(OCC2(CS(=O)(=O)Cl)CCOCC2)cn1. The van der Waals surface area contributed by atoms with Crippen LogP contribution in [0.2, 0.25) is 0 Å². The van der Waals surface area contributed by atoms with Crippen LogP contribution in [0.5, 0.6) is 5.75 Å². The molecule has 0 atom stereocenters. The van der Waals surface area contributed by atoms with Crippen LogP contribution >= 0.6 is 10.7 Å². The minimum absolute atomic E-state index is 0.0940. The fourth-order valence-corrected chi connectivity index (χ4v) is 4.21. The van der Waals surface area contributed by atoms with Crippen LogP contribution in [0.15, 0.2) is 12.4 Å². The highest BCUT2D eigenvalue weighted by molar-refractivity contribution is 8.13. The summed E-state index contributed by atoms with van der Waals surface area (Å²) in [5.41, 5.74) is -0.487. The molecule has 0 saturated carbocycles. The van der Waals surface area contributed by atoms with Crippen molar-refractivity contribution in [1.82, 2.24) is 9.78 Å². The lowest BCUT2D eigenvalue weighted by molar-refractivity contribution is 0.00226. The standard InChI is InChI=1S/C13H21ClN2O4S/c1-11(2)16-8-12(7-15-16)20-9-13(10-21(14,17)18)3-5-19-6-4-13/h7-8,11H,3-6,9-10H2,1-2H3. The van der Waals surface area contributed by atoms with Crippen LogP contribution in [0.4, 0.5) is 0 Å². The molecule has 1 aromatic rings. The zero-order valence-electron chi connectivity index (χ0n) is 12.3. The Labute approximate surface area is 129 Å². The first-order valence-corrected chi connectivity index (χ1v) is 9.45. The number of hydrogen-bond acceptors (Lipinski definition) is 5. The first-order chi connectivity index (χ1) is 9.80. The third kappa shape index (κ3) is 4.86. The van der Waals surface area contributed by atoms with Crippen molar-refractivity contribution in [2.24, 2.45) is 5.41 Å². The molecule has 0 spiro atoms. The molecular weight excluding hydrogens is 316 g/mol. The molecule has 0 unspecified atom stereocenters. The molecule has 0 radical (unpaired) electrons. The Morgan fingerprint density at radius 2 is 2.14 bits per heavy atom. The van der Waals surface area contributed by atoms with Gasteiger partial charge in [-0.05, 0) is 26.7 Å². The highest BCUT2D eigenvalue weighted by Crippen LogP contribution is 2.34. The van der Waals surface area contributed by atoms with Gasteiger partial charge in [0.1, 0.15) is 0 Å². The number of hydrogen-bond donors (Lipinski definition) is 0. The highest BCUT2D eigenvalue weighted by atomic mass is 35.7. The Morgan fingerprint density at radius 1 is 1.48 bits per heavy atom. The lowest BCUT2D eigenvalue weighted by atomic mass is 9.83. The van der Waals surface area contributed by atoms with E-state index in [9.17, 15) is 8.42 Å². The van der Waals surface area contributed by atoms with E-state index in [0.717, 1.165) is 0 Å². The molecule has 0 N–H and O–H groups in total. The number of halogens is 1. The molecule has 0 bridgehead atoms. The monoisotopic (exact) mass is 336 g/mol. The molecule has 2 rings (SSSR count). The molecule has 6 nitrogen and oxygen atoms in total. The van der Waals surface area contributed by atoms with Crippen LogP contribution in [0.1, 0.15) is 32.7 Å². The molecule has 8 heteroatoms. The summed E-state index contributed by atoms with van der Waals surface area (Å²) in [6, 6.07) is 0.252. The summed E-state index contributed by atoms with van der Waals surface area (Å²) in [4.78, 5) is 0. The lowest BCUT2D eigenvalue weighted by Gasteiger charge is -2.35. The largest absolute Gasteiger partial charge is 0.490 e. The molecule has 1 fully saturated rings. The Morgan fingerprint density at radius 3 is 2.67 bits per heavy atom. The lowest BCUT2D eigenvalue weighted by Crippen LogP contribution is -2.40. The van der Waals surface area contributed by atoms with Gasteiger partial charge in [0.25, 0.3) is 0 Å². The summed E-state index contributed by atoms with van der Waals surface area (Å²) in [5, 5.41) is 4.20. The van der Waals surface area contributed by atoms with Crippen LogP contribution < -0.4 is 4.74 Å². The summed E-state index contributed by atoms with van der Waals surface area (Å²) in [7, 11) is 1.86. The first-order valence-electron chi connectivity index (χ1n) is 6.97. The second-order valence-corrected chi connectivity index (χ2v) is 8.61. The van der Waals surface area contributed by atoms with Crippen molar-refractivity contribution in [3.8, 4) is 5.75 Å². The second kappa shape index (κ2) is 6.54. The van der Waals surface area contributed by atoms with E-state index in [1.807, 2.05) is 20.0 Å². The third-order valence-corrected chi connectivity index (χ3v) is 4.97. The maximum atomic E-state index is 11.5. The van der Waals surface area contributed by atoms with Crippen LogP contribution in [-0.2, 0) is 13.8 Å². The normalized spacial score (nSPS) is 18.9. The van der Waals surface area contributed by atoms with Crippen molar-refractivity contribution >= 4 is 19.7 Å². The van der Waals surface area contributed by atoms with Gasteiger partial charge in [0.15, 0.2) is 5.75 Å². The molecule has 0 amide bonds. The van der Waals surface area contributed by atoms with Gasteiger partial charge < -0.3 is 9.47 Å². The maximum Gasteiger partial charge on any atom is 0.233 e. The fraction of sp³-hybridized carbons (Fsp3) is 0.769. The smallest absolute Gasteiger partial charge is 0.233 e. The summed E-state index contributed by atoms with van der Waals surface area (Å²) >= 11 is 0. The quantitative estimate of drug-likeness (QED) is 0.745. The molecule has 2 heterocycles. The first kappa shape index (κ1) is 16.6. The van der Waals surface area contributed by atoms with E-state index in [-0.39, 0.29) is 11.8 Å². The van der Waals surface area contributed by atoms with Gasteiger partial charge in [0.05, 0.1) is 24.8 Å². The van der Waals surface area contributed by atoms with Crippen molar-refractivity contribution in [1.29, 1.82) is 0 Å². The van der Waals surface area contributed by atoms with E-state index < -0.39 is 14.5 Å². The van der Waals surface area contributed by atoms with Crippen molar-refractivity contribution in [2.45, 2.75) is 32.7 Å². The zero-order valence-corrected chi connectivity index (χ0v) is 13.9. The Balaban J connectivity index is 2.04. The van der Waals surface area contributed by atoms with Gasteiger partial charge in [-0.3, -0.25) is 4.68 Å². The molecule has 1 aliphatic heterocycles. The topological polar surface area (TPSA) is 70.4 Å². The van der Waals surface area contributed by atoms with Gasteiger partial charge in [-0.1, -0.05) is 0 Å². The van der Waals surface area contributed by atoms with E-state index in [2.05, 4.69) is 5.10 Å². The molecule has 1 aromatic heterocycles. The van der Waals surface area contributed by atoms with Crippen molar-refractivity contribution in [3.63, 3.8) is 0 Å². The van der Waals surface area contributed by atoms with Crippen molar-refractivity contribution < 1.29 is 17.9 Å². The maximum absolute atomic E-state index is 11.5. The van der Waals surface area contributed by atoms with Gasteiger partial charge >= 0.3 is 0 Å². The molecule has 0 aliphatic carbocycles. The summed E-state index contributed by atoms with van der Waals surface area (Å²) < 4.78 is 35.8. The molecule has 0 aromatic carbocycles. The van der Waals surface area contributed by atoms with E-state index in [1.165, 1.54) is 0 Å². The van der Waals surface area contributed by atoms with Gasteiger partial charge in [0.2, 0.25) is 9.05 Å². The molecule has 1 aliphatic rings. The summed E-state index contributed by atoms with van der Waals surface area (Å²) in [6.45, 7) is 5.40. The number of aromatic nitrogens is 2. The van der Waals surface area contributed by atoms with Crippen LogP contribution in [0, 0.1) is 5.41 Å². The summed E-state index contributed by atoms with van der Waals surface area (Å²) in [5.74, 6) is 0.546. The van der Waals surface area contributed by atoms with Gasteiger partial charge in [-0.2, -0.15) is 5.10 Å². The summed E-state index contributed by atoms with van der Waals surface area (Å²) in [6.07, 6.45) is 4.70. The van der Waals surface area contributed by atoms with Crippen molar-refractivity contribution in [2.75, 3.05) is 25.6 Å². The van der Waals surface area contributed by atoms with E-state index in [0.29, 0.717) is 38.4 Å². The predicted octanol–water partition coefficient (Wildman–Crippen LogP) is 2.21. The zero-order chi connectivity index (χ0) is 15.5. The van der Waals surface area contributed by atoms with Crippen LogP contribution in [0.3, 0.4) is 0 Å².